The third kappa shape index (κ3) is 3.48. The highest BCUT2D eigenvalue weighted by atomic mass is 16.5. The molecule has 128 valence electrons. The molecule has 6 heteroatoms. The van der Waals surface area contributed by atoms with Crippen LogP contribution in [0.2, 0.25) is 0 Å². The van der Waals surface area contributed by atoms with Gasteiger partial charge in [-0.3, -0.25) is 4.98 Å². The van der Waals surface area contributed by atoms with E-state index < -0.39 is 17.9 Å². The Bertz CT molecular complexity index is 705. The molecule has 2 heterocycles. The molecule has 2 rings (SSSR count). The molecule has 1 N–H and O–H groups in total. The predicted octanol–water partition coefficient (Wildman–Crippen LogP) is 2.44. The van der Waals surface area contributed by atoms with Gasteiger partial charge in [-0.25, -0.2) is 9.59 Å². The van der Waals surface area contributed by atoms with Gasteiger partial charge in [0.25, 0.3) is 0 Å². The van der Waals surface area contributed by atoms with Crippen LogP contribution in [0.1, 0.15) is 39.3 Å². The molecule has 0 amide bonds. The Morgan fingerprint density at radius 3 is 2.25 bits per heavy atom. The monoisotopic (exact) mass is 330 g/mol. The van der Waals surface area contributed by atoms with Crippen LogP contribution in [0.15, 0.2) is 46.9 Å². The molecule has 1 aromatic rings. The average molecular weight is 330 g/mol. The summed E-state index contributed by atoms with van der Waals surface area (Å²) in [4.78, 5) is 29.3. The van der Waals surface area contributed by atoms with E-state index in [4.69, 9.17) is 9.47 Å². The number of hydrogen-bond donors (Lipinski definition) is 1. The second kappa shape index (κ2) is 7.29. The Labute approximate surface area is 141 Å². The molecule has 1 unspecified atom stereocenters. The number of esters is 2. The summed E-state index contributed by atoms with van der Waals surface area (Å²) in [5.41, 5.74) is 2.59. The Kier molecular flexibility index (Phi) is 5.39. The van der Waals surface area contributed by atoms with Crippen LogP contribution in [0.3, 0.4) is 0 Å². The molecule has 1 aliphatic rings. The number of hydrogen-bond acceptors (Lipinski definition) is 6. The van der Waals surface area contributed by atoms with Gasteiger partial charge < -0.3 is 14.8 Å². The number of nitrogens with one attached hydrogen (secondary N) is 1. The van der Waals surface area contributed by atoms with E-state index >= 15 is 0 Å². The van der Waals surface area contributed by atoms with Crippen molar-refractivity contribution in [1.82, 2.24) is 10.3 Å². The lowest BCUT2D eigenvalue weighted by Gasteiger charge is -2.30. The molecule has 0 radical (unpaired) electrons. The van der Waals surface area contributed by atoms with E-state index in [2.05, 4.69) is 10.3 Å². The zero-order valence-corrected chi connectivity index (χ0v) is 14.5. The minimum atomic E-state index is -0.633. The number of aromatic nitrogens is 1. The molecule has 0 fully saturated rings. The zero-order valence-electron chi connectivity index (χ0n) is 14.5. The molecule has 0 saturated carbocycles. The summed E-state index contributed by atoms with van der Waals surface area (Å²) in [5, 5.41) is 3.08. The summed E-state index contributed by atoms with van der Waals surface area (Å²) in [5.74, 6) is -1.61. The van der Waals surface area contributed by atoms with Crippen molar-refractivity contribution in [3.05, 3.63) is 52.6 Å². The summed E-state index contributed by atoms with van der Waals surface area (Å²) < 4.78 is 10.3. The van der Waals surface area contributed by atoms with Gasteiger partial charge in [-0.2, -0.15) is 0 Å². The Morgan fingerprint density at radius 2 is 1.75 bits per heavy atom. The van der Waals surface area contributed by atoms with Crippen molar-refractivity contribution < 1.29 is 19.1 Å². The summed E-state index contributed by atoms with van der Waals surface area (Å²) in [6, 6.07) is 5.37. The molecule has 0 saturated heterocycles. The summed E-state index contributed by atoms with van der Waals surface area (Å²) >= 11 is 0. The minimum Gasteiger partial charge on any atom is -0.466 e. The predicted molar refractivity (Wildman–Crippen MR) is 88.8 cm³/mol. The fourth-order valence-electron chi connectivity index (χ4n) is 2.77. The van der Waals surface area contributed by atoms with Gasteiger partial charge >= 0.3 is 11.9 Å². The zero-order chi connectivity index (χ0) is 17.9. The number of methoxy groups -OCH3 is 1. The third-order valence-electron chi connectivity index (χ3n) is 3.71. The number of pyridine rings is 1. The van der Waals surface area contributed by atoms with Crippen LogP contribution >= 0.6 is 0 Å². The van der Waals surface area contributed by atoms with Crippen LogP contribution in [-0.4, -0.2) is 30.1 Å². The number of allylic oxidation sites excluding steroid dienone is 2. The van der Waals surface area contributed by atoms with E-state index in [1.165, 1.54) is 7.11 Å². The second-order valence-electron chi connectivity index (χ2n) is 5.84. The van der Waals surface area contributed by atoms with Crippen molar-refractivity contribution in [2.24, 2.45) is 0 Å². The molecule has 1 aromatic heterocycles. The van der Waals surface area contributed by atoms with E-state index in [0.717, 1.165) is 0 Å². The Hall–Kier alpha value is -2.63. The normalized spacial score (nSPS) is 17.7. The van der Waals surface area contributed by atoms with Gasteiger partial charge in [0.05, 0.1) is 36.0 Å². The molecule has 1 atom stereocenters. The van der Waals surface area contributed by atoms with E-state index in [1.807, 2.05) is 6.07 Å². The van der Waals surface area contributed by atoms with Crippen molar-refractivity contribution >= 4 is 11.9 Å². The first kappa shape index (κ1) is 17.7. The van der Waals surface area contributed by atoms with Crippen LogP contribution in [0.4, 0.5) is 0 Å². The highest BCUT2D eigenvalue weighted by molar-refractivity contribution is 5.99. The fraction of sp³-hybridized carbons (Fsp3) is 0.389. The smallest absolute Gasteiger partial charge is 0.337 e. The maximum Gasteiger partial charge on any atom is 0.337 e. The van der Waals surface area contributed by atoms with Gasteiger partial charge in [0, 0.05) is 17.6 Å². The van der Waals surface area contributed by atoms with Gasteiger partial charge in [0.15, 0.2) is 0 Å². The number of dihydropyridines is 1. The highest BCUT2D eigenvalue weighted by Gasteiger charge is 2.38. The lowest BCUT2D eigenvalue weighted by atomic mass is 9.82. The van der Waals surface area contributed by atoms with Gasteiger partial charge in [-0.1, -0.05) is 6.07 Å². The van der Waals surface area contributed by atoms with Crippen LogP contribution < -0.4 is 5.32 Å². The van der Waals surface area contributed by atoms with Crippen molar-refractivity contribution in [1.29, 1.82) is 0 Å². The molecule has 1 aliphatic heterocycles. The first-order valence-electron chi connectivity index (χ1n) is 7.75. The number of ether oxygens (including phenoxy) is 2. The Balaban J connectivity index is 2.61. The number of carbonyl (C=O) groups excluding carboxylic acids is 2. The quantitative estimate of drug-likeness (QED) is 0.855. The van der Waals surface area contributed by atoms with Crippen molar-refractivity contribution in [2.45, 2.75) is 39.7 Å². The van der Waals surface area contributed by atoms with E-state index in [1.54, 1.807) is 46.0 Å². The topological polar surface area (TPSA) is 77.5 Å². The fourth-order valence-corrected chi connectivity index (χ4v) is 2.77. The van der Waals surface area contributed by atoms with Crippen LogP contribution in [0.25, 0.3) is 0 Å². The molecule has 0 aliphatic carbocycles. The maximum absolute atomic E-state index is 12.6. The van der Waals surface area contributed by atoms with Gasteiger partial charge in [0.2, 0.25) is 0 Å². The van der Waals surface area contributed by atoms with E-state index in [-0.39, 0.29) is 6.10 Å². The summed E-state index contributed by atoms with van der Waals surface area (Å²) in [6.07, 6.45) is 1.36. The van der Waals surface area contributed by atoms with Gasteiger partial charge in [-0.05, 0) is 39.8 Å². The SMILES string of the molecule is COC(=O)C1=C(C)NC(C)=C(C(=O)OC(C)C)C1c1ccccn1. The van der Waals surface area contributed by atoms with Crippen molar-refractivity contribution in [3.63, 3.8) is 0 Å². The standard InChI is InChI=1S/C18H22N2O4/c1-10(2)24-18(22)15-12(4)20-11(3)14(17(21)23-5)16(15)13-8-6-7-9-19-13/h6-10,16,20H,1-5H3. The summed E-state index contributed by atoms with van der Waals surface area (Å²) in [6.45, 7) is 7.12. The first-order chi connectivity index (χ1) is 11.4. The number of nitrogens with zero attached hydrogens (tertiary/aromatic N) is 1. The summed E-state index contributed by atoms with van der Waals surface area (Å²) in [7, 11) is 1.31. The van der Waals surface area contributed by atoms with Crippen molar-refractivity contribution in [2.75, 3.05) is 7.11 Å². The molecular weight excluding hydrogens is 308 g/mol. The van der Waals surface area contributed by atoms with E-state index in [9.17, 15) is 9.59 Å². The molecule has 24 heavy (non-hydrogen) atoms. The lowest BCUT2D eigenvalue weighted by molar-refractivity contribution is -0.143. The lowest BCUT2D eigenvalue weighted by Crippen LogP contribution is -2.33. The highest BCUT2D eigenvalue weighted by Crippen LogP contribution is 2.38. The average Bonchev–Trinajstić information content (AvgIpc) is 2.53. The Morgan fingerprint density at radius 1 is 1.12 bits per heavy atom. The third-order valence-corrected chi connectivity index (χ3v) is 3.71. The molecule has 0 aromatic carbocycles. The van der Waals surface area contributed by atoms with Crippen LogP contribution in [-0.2, 0) is 19.1 Å². The van der Waals surface area contributed by atoms with Crippen LogP contribution in [0, 0.1) is 0 Å². The molecular formula is C18H22N2O4. The van der Waals surface area contributed by atoms with Crippen molar-refractivity contribution in [3.8, 4) is 0 Å². The number of carbonyl (C=O) groups is 2. The van der Waals surface area contributed by atoms with Gasteiger partial charge in [0.1, 0.15) is 0 Å². The van der Waals surface area contributed by atoms with Crippen LogP contribution in [0.5, 0.6) is 0 Å². The molecule has 0 bridgehead atoms. The molecule has 6 nitrogen and oxygen atoms in total. The van der Waals surface area contributed by atoms with E-state index in [0.29, 0.717) is 28.2 Å². The first-order valence-corrected chi connectivity index (χ1v) is 7.75. The number of rotatable bonds is 4. The second-order valence-corrected chi connectivity index (χ2v) is 5.84. The largest absolute Gasteiger partial charge is 0.466 e. The maximum atomic E-state index is 12.6. The molecule has 0 spiro atoms. The van der Waals surface area contributed by atoms with Gasteiger partial charge in [-0.15, -0.1) is 0 Å². The minimum absolute atomic E-state index is 0.268.